The molecule has 0 aliphatic rings. The number of aromatic amines is 1. The molecule has 31 heavy (non-hydrogen) atoms. The van der Waals surface area contributed by atoms with Crippen LogP contribution in [0.3, 0.4) is 0 Å². The maximum atomic E-state index is 12.8. The number of benzene rings is 1. The van der Waals surface area contributed by atoms with Crippen LogP contribution in [0.15, 0.2) is 35.3 Å². The van der Waals surface area contributed by atoms with Crippen molar-refractivity contribution in [2.24, 2.45) is 0 Å². The number of aryl methyl sites for hydroxylation is 1. The number of para-hydroxylation sites is 2. The van der Waals surface area contributed by atoms with E-state index in [2.05, 4.69) is 9.97 Å². The minimum Gasteiger partial charge on any atom is -0.462 e. The molecule has 9 nitrogen and oxygen atoms in total. The third-order valence-electron chi connectivity index (χ3n) is 4.88. The van der Waals surface area contributed by atoms with Gasteiger partial charge in [0.25, 0.3) is 5.56 Å². The fourth-order valence-electron chi connectivity index (χ4n) is 3.40. The van der Waals surface area contributed by atoms with Gasteiger partial charge in [-0.05, 0) is 45.4 Å². The number of fused-ring (bicyclic) bond motifs is 1. The standard InChI is InChI=1S/C22H23N3O6/c1-5-30-22(29)19-12(2)20(24-13(19)3)21(28)14(4)31-18(27)11-25-16-9-7-6-8-15(16)23-10-17(25)26/h6-10,14,24H,5,11H2,1-4H3. The molecule has 1 aromatic carbocycles. The predicted molar refractivity (Wildman–Crippen MR) is 112 cm³/mol. The average Bonchev–Trinajstić information content (AvgIpc) is 3.03. The molecule has 9 heteroatoms. The van der Waals surface area contributed by atoms with Crippen LogP contribution >= 0.6 is 0 Å². The first-order valence-electron chi connectivity index (χ1n) is 9.79. The van der Waals surface area contributed by atoms with Gasteiger partial charge in [-0.1, -0.05) is 12.1 Å². The molecule has 1 N–H and O–H groups in total. The van der Waals surface area contributed by atoms with E-state index in [0.29, 0.717) is 27.9 Å². The molecule has 0 fully saturated rings. The molecule has 0 bridgehead atoms. The molecule has 0 radical (unpaired) electrons. The summed E-state index contributed by atoms with van der Waals surface area (Å²) in [5.74, 6) is -1.76. The van der Waals surface area contributed by atoms with Crippen LogP contribution in [0.5, 0.6) is 0 Å². The highest BCUT2D eigenvalue weighted by Crippen LogP contribution is 2.21. The summed E-state index contributed by atoms with van der Waals surface area (Å²) in [5.41, 5.74) is 1.98. The Morgan fingerprint density at radius 2 is 1.90 bits per heavy atom. The topological polar surface area (TPSA) is 120 Å². The SMILES string of the molecule is CCOC(=O)c1c(C)[nH]c(C(=O)C(C)OC(=O)Cn2c(=O)cnc3ccccc32)c1C. The number of esters is 2. The highest BCUT2D eigenvalue weighted by Gasteiger charge is 2.27. The summed E-state index contributed by atoms with van der Waals surface area (Å²) in [5, 5.41) is 0. The van der Waals surface area contributed by atoms with Gasteiger partial charge in [-0.3, -0.25) is 19.0 Å². The van der Waals surface area contributed by atoms with Crippen molar-refractivity contribution in [3.63, 3.8) is 0 Å². The second-order valence-corrected chi connectivity index (χ2v) is 7.01. The van der Waals surface area contributed by atoms with Crippen LogP contribution in [-0.2, 0) is 20.8 Å². The van der Waals surface area contributed by atoms with E-state index in [0.717, 1.165) is 6.20 Å². The van der Waals surface area contributed by atoms with Gasteiger partial charge in [-0.15, -0.1) is 0 Å². The lowest BCUT2D eigenvalue weighted by molar-refractivity contribution is -0.147. The molecule has 0 saturated carbocycles. The van der Waals surface area contributed by atoms with Gasteiger partial charge < -0.3 is 14.5 Å². The zero-order chi connectivity index (χ0) is 22.7. The third kappa shape index (κ3) is 4.40. The molecule has 0 spiro atoms. The second-order valence-electron chi connectivity index (χ2n) is 7.01. The smallest absolute Gasteiger partial charge is 0.340 e. The Labute approximate surface area is 178 Å². The highest BCUT2D eigenvalue weighted by atomic mass is 16.5. The van der Waals surface area contributed by atoms with Crippen LogP contribution in [0.2, 0.25) is 0 Å². The highest BCUT2D eigenvalue weighted by molar-refractivity contribution is 6.04. The molecular formula is C22H23N3O6. The summed E-state index contributed by atoms with van der Waals surface area (Å²) in [6.45, 7) is 6.26. The van der Waals surface area contributed by atoms with Gasteiger partial charge in [0.2, 0.25) is 5.78 Å². The van der Waals surface area contributed by atoms with E-state index in [1.54, 1.807) is 45.0 Å². The van der Waals surface area contributed by atoms with Crippen LogP contribution in [-0.4, -0.2) is 45.0 Å². The minimum absolute atomic E-state index is 0.174. The summed E-state index contributed by atoms with van der Waals surface area (Å²) in [6, 6.07) is 6.90. The molecule has 162 valence electrons. The lowest BCUT2D eigenvalue weighted by Gasteiger charge is -2.14. The Bertz CT molecular complexity index is 1220. The van der Waals surface area contributed by atoms with Gasteiger partial charge in [0.05, 0.1) is 35.1 Å². The number of hydrogen-bond donors (Lipinski definition) is 1. The molecule has 3 aromatic rings. The number of ether oxygens (including phenoxy) is 2. The van der Waals surface area contributed by atoms with Crippen molar-refractivity contribution < 1.29 is 23.9 Å². The van der Waals surface area contributed by atoms with Gasteiger partial charge in [-0.25, -0.2) is 9.78 Å². The van der Waals surface area contributed by atoms with Crippen LogP contribution in [0, 0.1) is 13.8 Å². The number of hydrogen-bond acceptors (Lipinski definition) is 7. The van der Waals surface area contributed by atoms with E-state index >= 15 is 0 Å². The summed E-state index contributed by atoms with van der Waals surface area (Å²) in [4.78, 5) is 56.6. The van der Waals surface area contributed by atoms with E-state index in [-0.39, 0.29) is 18.8 Å². The molecule has 2 aromatic heterocycles. The van der Waals surface area contributed by atoms with Gasteiger partial charge in [0.15, 0.2) is 6.10 Å². The zero-order valence-electron chi connectivity index (χ0n) is 17.7. The Morgan fingerprint density at radius 1 is 1.19 bits per heavy atom. The normalized spacial score (nSPS) is 11.9. The molecule has 0 aliphatic heterocycles. The predicted octanol–water partition coefficient (Wildman–Crippen LogP) is 2.33. The van der Waals surface area contributed by atoms with Crippen molar-refractivity contribution in [1.82, 2.24) is 14.5 Å². The number of nitrogens with zero attached hydrogens (tertiary/aromatic N) is 2. The Hall–Kier alpha value is -3.75. The molecule has 0 amide bonds. The van der Waals surface area contributed by atoms with Crippen LogP contribution in [0.4, 0.5) is 0 Å². The van der Waals surface area contributed by atoms with Crippen molar-refractivity contribution in [2.45, 2.75) is 40.3 Å². The number of aromatic nitrogens is 3. The third-order valence-corrected chi connectivity index (χ3v) is 4.88. The number of Topliss-reactive ketones (excluding diaryl/α,β-unsaturated/α-hetero) is 1. The largest absolute Gasteiger partial charge is 0.462 e. The van der Waals surface area contributed by atoms with Crippen LogP contribution in [0.25, 0.3) is 11.0 Å². The molecule has 1 unspecified atom stereocenters. The van der Waals surface area contributed by atoms with Gasteiger partial charge in [0, 0.05) is 5.69 Å². The minimum atomic E-state index is -1.12. The number of ketones is 1. The van der Waals surface area contributed by atoms with Crippen molar-refractivity contribution >= 4 is 28.8 Å². The molecule has 1 atom stereocenters. The Balaban J connectivity index is 1.78. The van der Waals surface area contributed by atoms with E-state index in [1.165, 1.54) is 11.5 Å². The fraction of sp³-hybridized carbons (Fsp3) is 0.318. The summed E-state index contributed by atoms with van der Waals surface area (Å²) >= 11 is 0. The number of rotatable bonds is 7. The first-order chi connectivity index (χ1) is 14.7. The van der Waals surface area contributed by atoms with Crippen molar-refractivity contribution in [3.05, 3.63) is 63.3 Å². The van der Waals surface area contributed by atoms with E-state index in [1.807, 2.05) is 0 Å². The average molecular weight is 425 g/mol. The van der Waals surface area contributed by atoms with E-state index in [4.69, 9.17) is 9.47 Å². The number of carbonyl (C=O) groups excluding carboxylic acids is 3. The quantitative estimate of drug-likeness (QED) is 0.456. The number of H-pyrrole nitrogens is 1. The van der Waals surface area contributed by atoms with Crippen molar-refractivity contribution in [2.75, 3.05) is 6.61 Å². The van der Waals surface area contributed by atoms with E-state index < -0.39 is 29.4 Å². The molecular weight excluding hydrogens is 402 g/mol. The maximum absolute atomic E-state index is 12.8. The zero-order valence-corrected chi connectivity index (χ0v) is 17.7. The van der Waals surface area contributed by atoms with Crippen LogP contribution in [0.1, 0.15) is 46.0 Å². The number of nitrogens with one attached hydrogen (secondary N) is 1. The number of carbonyl (C=O) groups is 3. The molecule has 0 aliphatic carbocycles. The summed E-state index contributed by atoms with van der Waals surface area (Å²) in [6.07, 6.45) is 0.00899. The second kappa shape index (κ2) is 8.95. The van der Waals surface area contributed by atoms with Crippen molar-refractivity contribution in [3.8, 4) is 0 Å². The summed E-state index contributed by atoms with van der Waals surface area (Å²) in [7, 11) is 0. The lowest BCUT2D eigenvalue weighted by atomic mass is 10.1. The molecule has 2 heterocycles. The van der Waals surface area contributed by atoms with Crippen molar-refractivity contribution in [1.29, 1.82) is 0 Å². The van der Waals surface area contributed by atoms with E-state index in [9.17, 15) is 19.2 Å². The first-order valence-corrected chi connectivity index (χ1v) is 9.79. The van der Waals surface area contributed by atoms with Gasteiger partial charge in [-0.2, -0.15) is 0 Å². The Morgan fingerprint density at radius 3 is 2.61 bits per heavy atom. The monoisotopic (exact) mass is 425 g/mol. The maximum Gasteiger partial charge on any atom is 0.340 e. The van der Waals surface area contributed by atoms with Gasteiger partial charge >= 0.3 is 11.9 Å². The lowest BCUT2D eigenvalue weighted by Crippen LogP contribution is -2.30. The first kappa shape index (κ1) is 21.9. The van der Waals surface area contributed by atoms with Crippen LogP contribution < -0.4 is 5.56 Å². The Kier molecular flexibility index (Phi) is 6.33. The molecule has 0 saturated heterocycles. The van der Waals surface area contributed by atoms with Gasteiger partial charge in [0.1, 0.15) is 6.54 Å². The molecule has 3 rings (SSSR count). The fourth-order valence-corrected chi connectivity index (χ4v) is 3.40. The summed E-state index contributed by atoms with van der Waals surface area (Å²) < 4.78 is 11.5.